The average molecular weight is 627 g/mol. The Morgan fingerprint density at radius 3 is 1.80 bits per heavy atom. The van der Waals surface area contributed by atoms with Gasteiger partial charge in [-0.25, -0.2) is 9.67 Å². The molecule has 0 saturated heterocycles. The fourth-order valence-electron chi connectivity index (χ4n) is 6.70. The third-order valence-corrected chi connectivity index (χ3v) is 9.09. The number of pyridine rings is 2. The first-order chi connectivity index (χ1) is 24.3. The molecule has 3 heterocycles. The van der Waals surface area contributed by atoms with Crippen molar-refractivity contribution in [1.29, 1.82) is 0 Å². The molecule has 4 nitrogen and oxygen atoms in total. The van der Waals surface area contributed by atoms with E-state index < -0.39 is 0 Å². The van der Waals surface area contributed by atoms with Crippen LogP contribution in [0.3, 0.4) is 0 Å². The number of para-hydroxylation sites is 1. The third-order valence-electron chi connectivity index (χ3n) is 9.09. The van der Waals surface area contributed by atoms with Crippen LogP contribution in [0.1, 0.15) is 0 Å². The van der Waals surface area contributed by atoms with Gasteiger partial charge in [0.1, 0.15) is 5.69 Å². The summed E-state index contributed by atoms with van der Waals surface area (Å²) in [5.41, 5.74) is 12.5. The molecule has 0 N–H and O–H groups in total. The maximum absolute atomic E-state index is 5.35. The summed E-state index contributed by atoms with van der Waals surface area (Å²) >= 11 is 0. The number of hydrogen-bond acceptors (Lipinski definition) is 3. The molecule has 0 fully saturated rings. The van der Waals surface area contributed by atoms with Crippen molar-refractivity contribution in [3.8, 4) is 61.8 Å². The van der Waals surface area contributed by atoms with Gasteiger partial charge in [0.15, 0.2) is 0 Å². The minimum atomic E-state index is 0.862. The van der Waals surface area contributed by atoms with E-state index in [4.69, 9.17) is 10.1 Å². The topological polar surface area (TPSA) is 43.6 Å². The lowest BCUT2D eigenvalue weighted by Gasteiger charge is -2.13. The van der Waals surface area contributed by atoms with E-state index >= 15 is 0 Å². The number of benzene rings is 6. The van der Waals surface area contributed by atoms with Crippen LogP contribution in [-0.2, 0) is 0 Å². The molecule has 0 aliphatic carbocycles. The molecule has 0 atom stereocenters. The van der Waals surface area contributed by atoms with E-state index in [-0.39, 0.29) is 0 Å². The highest BCUT2D eigenvalue weighted by Gasteiger charge is 2.21. The van der Waals surface area contributed by atoms with Crippen LogP contribution in [0.25, 0.3) is 83.5 Å². The van der Waals surface area contributed by atoms with Crippen LogP contribution < -0.4 is 0 Å². The van der Waals surface area contributed by atoms with Gasteiger partial charge in [-0.3, -0.25) is 4.98 Å². The highest BCUT2D eigenvalue weighted by Crippen LogP contribution is 2.42. The lowest BCUT2D eigenvalue weighted by atomic mass is 9.92. The van der Waals surface area contributed by atoms with Crippen LogP contribution >= 0.6 is 0 Å². The number of nitrogens with zero attached hydrogens (tertiary/aromatic N) is 4. The molecule has 4 heteroatoms. The second-order valence-corrected chi connectivity index (χ2v) is 12.1. The van der Waals surface area contributed by atoms with E-state index in [9.17, 15) is 0 Å². The van der Waals surface area contributed by atoms with Crippen LogP contribution in [0.4, 0.5) is 0 Å². The van der Waals surface area contributed by atoms with Gasteiger partial charge in [0, 0.05) is 28.1 Å². The summed E-state index contributed by atoms with van der Waals surface area (Å²) in [7, 11) is 0. The Labute approximate surface area is 284 Å². The monoisotopic (exact) mass is 626 g/mol. The van der Waals surface area contributed by atoms with Gasteiger partial charge >= 0.3 is 0 Å². The molecule has 230 valence electrons. The van der Waals surface area contributed by atoms with Crippen LogP contribution in [0.2, 0.25) is 0 Å². The molecular weight excluding hydrogens is 597 g/mol. The lowest BCUT2D eigenvalue weighted by Crippen LogP contribution is -1.97. The number of hydrogen-bond donors (Lipinski definition) is 0. The lowest BCUT2D eigenvalue weighted by molar-refractivity contribution is 0.918. The zero-order valence-electron chi connectivity index (χ0n) is 26.6. The van der Waals surface area contributed by atoms with Crippen LogP contribution in [0.15, 0.2) is 182 Å². The summed E-state index contributed by atoms with van der Waals surface area (Å²) in [4.78, 5) is 9.40. The first-order valence-corrected chi connectivity index (χ1v) is 16.5. The standard InChI is InChI=1S/C45H30N4/c1-4-13-32(14-5-1)38-30-36-27-26-35(31-22-24-33(25-23-31)40-20-12-21-42(47-40)41-19-10-11-28-46-41)29-39(36)45-43(38)44(34-15-6-2-7-16-34)48-49(45)37-17-8-3-9-18-37/h1-30H. The van der Waals surface area contributed by atoms with Crippen molar-refractivity contribution in [3.05, 3.63) is 182 Å². The summed E-state index contributed by atoms with van der Waals surface area (Å²) in [5, 5.41) is 8.80. The minimum absolute atomic E-state index is 0.862. The first-order valence-electron chi connectivity index (χ1n) is 16.5. The van der Waals surface area contributed by atoms with E-state index in [1.54, 1.807) is 6.20 Å². The summed E-state index contributed by atoms with van der Waals surface area (Å²) in [6.07, 6.45) is 1.80. The van der Waals surface area contributed by atoms with Crippen molar-refractivity contribution in [2.45, 2.75) is 0 Å². The van der Waals surface area contributed by atoms with Crippen LogP contribution in [0, 0.1) is 0 Å². The highest BCUT2D eigenvalue weighted by atomic mass is 15.3. The maximum Gasteiger partial charge on any atom is 0.101 e. The van der Waals surface area contributed by atoms with Gasteiger partial charge in [-0.05, 0) is 76.2 Å². The molecule has 0 aliphatic rings. The van der Waals surface area contributed by atoms with Gasteiger partial charge in [-0.1, -0.05) is 127 Å². The molecule has 9 aromatic rings. The van der Waals surface area contributed by atoms with Gasteiger partial charge < -0.3 is 0 Å². The molecule has 3 aromatic heterocycles. The second-order valence-electron chi connectivity index (χ2n) is 12.1. The number of aromatic nitrogens is 4. The van der Waals surface area contributed by atoms with E-state index in [2.05, 4.69) is 143 Å². The smallest absolute Gasteiger partial charge is 0.101 e. The van der Waals surface area contributed by atoms with E-state index in [0.29, 0.717) is 0 Å². The Balaban J connectivity index is 1.23. The van der Waals surface area contributed by atoms with Gasteiger partial charge in [-0.15, -0.1) is 0 Å². The molecule has 0 spiro atoms. The van der Waals surface area contributed by atoms with Crippen LogP contribution in [-0.4, -0.2) is 19.7 Å². The Morgan fingerprint density at radius 2 is 1.06 bits per heavy atom. The fourth-order valence-corrected chi connectivity index (χ4v) is 6.70. The molecule has 6 aromatic carbocycles. The van der Waals surface area contributed by atoms with Crippen LogP contribution in [0.5, 0.6) is 0 Å². The predicted molar refractivity (Wildman–Crippen MR) is 201 cm³/mol. The summed E-state index contributed by atoms with van der Waals surface area (Å²) < 4.78 is 2.12. The van der Waals surface area contributed by atoms with Crippen molar-refractivity contribution in [2.24, 2.45) is 0 Å². The van der Waals surface area contributed by atoms with Crippen molar-refractivity contribution >= 4 is 21.7 Å². The molecule has 9 rings (SSSR count). The van der Waals surface area contributed by atoms with Gasteiger partial charge in [0.2, 0.25) is 0 Å². The molecular formula is C45H30N4. The third kappa shape index (κ3) is 5.26. The zero-order valence-corrected chi connectivity index (χ0v) is 26.6. The number of fused-ring (bicyclic) bond motifs is 3. The molecule has 0 saturated carbocycles. The fraction of sp³-hybridized carbons (Fsp3) is 0. The maximum atomic E-state index is 5.35. The van der Waals surface area contributed by atoms with Gasteiger partial charge in [-0.2, -0.15) is 5.10 Å². The Morgan fingerprint density at radius 1 is 0.429 bits per heavy atom. The summed E-state index contributed by atoms with van der Waals surface area (Å²) in [5.74, 6) is 0. The van der Waals surface area contributed by atoms with E-state index in [0.717, 1.165) is 67.0 Å². The Bertz CT molecular complexity index is 2560. The molecule has 0 unspecified atom stereocenters. The average Bonchev–Trinajstić information content (AvgIpc) is 3.60. The Hall–Kier alpha value is -6.65. The van der Waals surface area contributed by atoms with E-state index in [1.807, 2.05) is 42.5 Å². The van der Waals surface area contributed by atoms with Gasteiger partial charge in [0.25, 0.3) is 0 Å². The summed E-state index contributed by atoms with van der Waals surface area (Å²) in [6, 6.07) is 61.4. The molecule has 49 heavy (non-hydrogen) atoms. The zero-order chi connectivity index (χ0) is 32.6. The van der Waals surface area contributed by atoms with Crippen molar-refractivity contribution in [2.75, 3.05) is 0 Å². The quantitative estimate of drug-likeness (QED) is 0.184. The van der Waals surface area contributed by atoms with Crippen molar-refractivity contribution < 1.29 is 0 Å². The predicted octanol–water partition coefficient (Wildman–Crippen LogP) is 11.3. The van der Waals surface area contributed by atoms with Crippen molar-refractivity contribution in [3.63, 3.8) is 0 Å². The molecule has 0 aliphatic heterocycles. The SMILES string of the molecule is c1ccc(-c2cc3ccc(-c4ccc(-c5cccc(-c6ccccn6)n5)cc4)cc3c3c2c(-c2ccccc2)nn3-c2ccccc2)cc1. The van der Waals surface area contributed by atoms with E-state index in [1.165, 1.54) is 16.5 Å². The summed E-state index contributed by atoms with van der Waals surface area (Å²) in [6.45, 7) is 0. The first kappa shape index (κ1) is 28.6. The molecule has 0 bridgehead atoms. The Kier molecular flexibility index (Phi) is 7.10. The second kappa shape index (κ2) is 12.2. The normalized spacial score (nSPS) is 11.3. The minimum Gasteiger partial charge on any atom is -0.255 e. The van der Waals surface area contributed by atoms with Crippen molar-refractivity contribution in [1.82, 2.24) is 19.7 Å². The molecule has 0 amide bonds. The highest BCUT2D eigenvalue weighted by molar-refractivity contribution is 6.17. The number of rotatable bonds is 6. The van der Waals surface area contributed by atoms with Gasteiger partial charge in [0.05, 0.1) is 28.3 Å². The molecule has 0 radical (unpaired) electrons. The largest absolute Gasteiger partial charge is 0.255 e.